The van der Waals surface area contributed by atoms with Crippen molar-refractivity contribution < 1.29 is 23.7 Å². The SMILES string of the molecule is COc1cc2c3cc1Oc1c(OC)c(OC)cc4c1[C@@H](Cc1cccc(c1)Oc1ccc(cc1)C[C@H]3N(C)CC2)N(C)CC4.Cl.Cl. The lowest BCUT2D eigenvalue weighted by atomic mass is 9.87. The highest BCUT2D eigenvalue weighted by molar-refractivity contribution is 5.85. The van der Waals surface area contributed by atoms with Gasteiger partial charge in [0.15, 0.2) is 23.0 Å². The number of rotatable bonds is 3. The largest absolute Gasteiger partial charge is 0.493 e. The third-order valence-electron chi connectivity index (χ3n) is 9.53. The molecule has 4 heterocycles. The summed E-state index contributed by atoms with van der Waals surface area (Å²) in [6.45, 7) is 1.90. The van der Waals surface area contributed by atoms with Crippen LogP contribution in [0.4, 0.5) is 0 Å². The van der Waals surface area contributed by atoms with Crippen LogP contribution in [0, 0.1) is 0 Å². The van der Waals surface area contributed by atoms with E-state index in [0.717, 1.165) is 61.6 Å². The summed E-state index contributed by atoms with van der Waals surface area (Å²) in [5.41, 5.74) is 7.31. The topological polar surface area (TPSA) is 52.6 Å². The lowest BCUT2D eigenvalue weighted by molar-refractivity contribution is 0.220. The van der Waals surface area contributed by atoms with E-state index in [2.05, 4.69) is 84.6 Å². The summed E-state index contributed by atoms with van der Waals surface area (Å²) in [4.78, 5) is 4.84. The van der Waals surface area contributed by atoms with Gasteiger partial charge in [0, 0.05) is 30.7 Å². The van der Waals surface area contributed by atoms with E-state index >= 15 is 0 Å². The molecule has 0 amide bonds. The molecule has 0 radical (unpaired) electrons. The second-order valence-corrected chi connectivity index (χ2v) is 12.1. The minimum absolute atomic E-state index is 0. The minimum Gasteiger partial charge on any atom is -0.493 e. The summed E-state index contributed by atoms with van der Waals surface area (Å²) in [5, 5.41) is 0. The lowest BCUT2D eigenvalue weighted by Crippen LogP contribution is -2.34. The number of halogens is 2. The van der Waals surface area contributed by atoms with Crippen molar-refractivity contribution in [1.82, 2.24) is 9.80 Å². The molecule has 7 nitrogen and oxygen atoms in total. The van der Waals surface area contributed by atoms with Gasteiger partial charge in [-0.05, 0) is 110 Å². The number of fused-ring (bicyclic) bond motifs is 2. The second kappa shape index (κ2) is 14.0. The van der Waals surface area contributed by atoms with Crippen molar-refractivity contribution >= 4 is 24.8 Å². The molecule has 0 saturated heterocycles. The molecule has 4 aromatic rings. The smallest absolute Gasteiger partial charge is 0.204 e. The fourth-order valence-corrected chi connectivity index (χ4v) is 7.09. The molecule has 4 aliphatic rings. The molecule has 8 rings (SSSR count). The van der Waals surface area contributed by atoms with E-state index in [1.165, 1.54) is 27.8 Å². The third kappa shape index (κ3) is 6.21. The fraction of sp³-hybridized carbons (Fsp3) is 0.351. The molecule has 9 heteroatoms. The standard InChI is InChI=1S/C37H40N2O5.2ClH/c1-38-15-13-25-20-32(40-3)33-22-29(25)30(38)18-23-9-11-27(12-10-23)43-28-8-6-7-24(17-28)19-31-35-26(14-16-39(31)2)21-34(41-4)36(42-5)37(35)44-33;;/h6-12,17,20-22,30-31H,13-16,18-19H2,1-5H3;2*1H/t30-,31-;;/m1../s1. The maximum absolute atomic E-state index is 7.01. The zero-order chi connectivity index (χ0) is 30.4. The highest BCUT2D eigenvalue weighted by atomic mass is 35.5. The molecule has 6 bridgehead atoms. The number of hydrogen-bond acceptors (Lipinski definition) is 7. The number of nitrogens with zero attached hydrogens (tertiary/aromatic N) is 2. The Hall–Kier alpha value is -3.62. The van der Waals surface area contributed by atoms with Gasteiger partial charge in [-0.3, -0.25) is 9.80 Å². The van der Waals surface area contributed by atoms with Crippen molar-refractivity contribution in [1.29, 1.82) is 0 Å². The predicted octanol–water partition coefficient (Wildman–Crippen LogP) is 8.00. The van der Waals surface area contributed by atoms with Crippen LogP contribution in [0.3, 0.4) is 0 Å². The van der Waals surface area contributed by atoms with Gasteiger partial charge in [-0.15, -0.1) is 24.8 Å². The van der Waals surface area contributed by atoms with E-state index in [-0.39, 0.29) is 36.9 Å². The molecular weight excluding hydrogens is 623 g/mol. The Morgan fingerprint density at radius 1 is 0.652 bits per heavy atom. The average molecular weight is 666 g/mol. The number of benzene rings is 4. The summed E-state index contributed by atoms with van der Waals surface area (Å²) in [6, 6.07) is 23.6. The molecule has 0 aliphatic carbocycles. The zero-order valence-electron chi connectivity index (χ0n) is 27.0. The number of ether oxygens (including phenoxy) is 5. The highest BCUT2D eigenvalue weighted by Crippen LogP contribution is 2.51. The monoisotopic (exact) mass is 664 g/mol. The number of methoxy groups -OCH3 is 3. The Labute approximate surface area is 284 Å². The van der Waals surface area contributed by atoms with E-state index in [0.29, 0.717) is 23.0 Å². The van der Waals surface area contributed by atoms with Crippen molar-refractivity contribution in [3.8, 4) is 40.2 Å². The van der Waals surface area contributed by atoms with Gasteiger partial charge in [-0.1, -0.05) is 24.3 Å². The zero-order valence-corrected chi connectivity index (χ0v) is 28.6. The van der Waals surface area contributed by atoms with Crippen LogP contribution in [-0.2, 0) is 25.7 Å². The lowest BCUT2D eigenvalue weighted by Gasteiger charge is -2.37. The first kappa shape index (κ1) is 33.7. The van der Waals surface area contributed by atoms with Crippen LogP contribution < -0.4 is 23.7 Å². The summed E-state index contributed by atoms with van der Waals surface area (Å²) in [7, 11) is 9.46. The van der Waals surface area contributed by atoms with E-state index < -0.39 is 0 Å². The molecule has 4 aromatic carbocycles. The Morgan fingerprint density at radius 3 is 2.04 bits per heavy atom. The molecule has 244 valence electrons. The first-order valence-corrected chi connectivity index (χ1v) is 15.4. The molecule has 46 heavy (non-hydrogen) atoms. The van der Waals surface area contributed by atoms with Gasteiger partial charge in [-0.2, -0.15) is 0 Å². The first-order chi connectivity index (χ1) is 21.4. The van der Waals surface area contributed by atoms with E-state index in [9.17, 15) is 0 Å². The third-order valence-corrected chi connectivity index (χ3v) is 9.53. The van der Waals surface area contributed by atoms with Gasteiger partial charge in [0.2, 0.25) is 5.75 Å². The van der Waals surface area contributed by atoms with E-state index in [1.807, 2.05) is 6.07 Å². The molecule has 0 unspecified atom stereocenters. The molecule has 2 atom stereocenters. The van der Waals surface area contributed by atoms with Gasteiger partial charge >= 0.3 is 0 Å². The van der Waals surface area contributed by atoms with Crippen molar-refractivity contribution in [3.63, 3.8) is 0 Å². The quantitative estimate of drug-likeness (QED) is 0.220. The van der Waals surface area contributed by atoms with Crippen molar-refractivity contribution in [2.75, 3.05) is 48.5 Å². The maximum atomic E-state index is 7.01. The summed E-state index contributed by atoms with van der Waals surface area (Å²) < 4.78 is 31.2. The van der Waals surface area contributed by atoms with Crippen LogP contribution in [0.1, 0.15) is 45.5 Å². The van der Waals surface area contributed by atoms with Gasteiger partial charge in [0.1, 0.15) is 11.5 Å². The molecule has 0 aromatic heterocycles. The number of likely N-dealkylation sites (N-methyl/N-ethyl adjacent to an activating group) is 2. The van der Waals surface area contributed by atoms with Crippen LogP contribution in [0.5, 0.6) is 40.2 Å². The molecule has 0 spiro atoms. The summed E-state index contributed by atoms with van der Waals surface area (Å²) >= 11 is 0. The van der Waals surface area contributed by atoms with Crippen LogP contribution in [0.25, 0.3) is 0 Å². The van der Waals surface area contributed by atoms with Gasteiger partial charge in [0.05, 0.1) is 21.3 Å². The predicted molar refractivity (Wildman–Crippen MR) is 186 cm³/mol. The van der Waals surface area contributed by atoms with Crippen molar-refractivity contribution in [2.24, 2.45) is 0 Å². The maximum Gasteiger partial charge on any atom is 0.204 e. The molecule has 4 aliphatic heterocycles. The van der Waals surface area contributed by atoms with Gasteiger partial charge < -0.3 is 23.7 Å². The first-order valence-electron chi connectivity index (χ1n) is 15.4. The van der Waals surface area contributed by atoms with Gasteiger partial charge in [-0.25, -0.2) is 0 Å². The molecule has 0 fully saturated rings. The van der Waals surface area contributed by atoms with Crippen LogP contribution in [0.2, 0.25) is 0 Å². The minimum atomic E-state index is 0. The van der Waals surface area contributed by atoms with Crippen molar-refractivity contribution in [3.05, 3.63) is 100 Å². The van der Waals surface area contributed by atoms with Crippen LogP contribution in [0.15, 0.2) is 66.7 Å². The Bertz CT molecular complexity index is 1700. The molecule has 0 N–H and O–H groups in total. The molecule has 0 saturated carbocycles. The van der Waals surface area contributed by atoms with E-state index in [4.69, 9.17) is 23.7 Å². The van der Waals surface area contributed by atoms with E-state index in [1.54, 1.807) is 21.3 Å². The Kier molecular flexibility index (Phi) is 10.3. The van der Waals surface area contributed by atoms with Crippen molar-refractivity contribution in [2.45, 2.75) is 37.8 Å². The van der Waals surface area contributed by atoms with Crippen LogP contribution in [-0.4, -0.2) is 58.3 Å². The Morgan fingerprint density at radius 2 is 1.33 bits per heavy atom. The fourth-order valence-electron chi connectivity index (χ4n) is 7.09. The normalized spacial score (nSPS) is 18.7. The summed E-state index contributed by atoms with van der Waals surface area (Å²) in [5.74, 6) is 5.00. The summed E-state index contributed by atoms with van der Waals surface area (Å²) in [6.07, 6.45) is 3.48. The number of hydrogen-bond donors (Lipinski definition) is 0. The Balaban J connectivity index is 0.00000208. The van der Waals surface area contributed by atoms with Gasteiger partial charge in [0.25, 0.3) is 0 Å². The highest BCUT2D eigenvalue weighted by Gasteiger charge is 2.34. The second-order valence-electron chi connectivity index (χ2n) is 12.1. The molecular formula is C37H42Cl2N2O5. The average Bonchev–Trinajstić information content (AvgIpc) is 3.04. The van der Waals surface area contributed by atoms with Crippen LogP contribution >= 0.6 is 24.8 Å².